The number of nitriles is 1. The molecule has 0 saturated heterocycles. The van der Waals surface area contributed by atoms with Gasteiger partial charge in [-0.05, 0) is 57.4 Å². The Hall–Kier alpha value is -2.89. The largest absolute Gasteiger partial charge is 0.495 e. The molecule has 0 aromatic heterocycles. The molecule has 0 atom stereocenters. The van der Waals surface area contributed by atoms with Gasteiger partial charge in [-0.2, -0.15) is 5.26 Å². The molecule has 0 fully saturated rings. The summed E-state index contributed by atoms with van der Waals surface area (Å²) in [5.74, 6) is 0.638. The lowest BCUT2D eigenvalue weighted by molar-refractivity contribution is -0.112. The van der Waals surface area contributed by atoms with E-state index in [1.165, 1.54) is 32.4 Å². The molecular formula is C25H18BrCl3N2O4. The van der Waals surface area contributed by atoms with Crippen LogP contribution in [0.25, 0.3) is 6.08 Å². The minimum absolute atomic E-state index is 0.114. The number of carbonyl (C=O) groups excluding carboxylic acids is 1. The average Bonchev–Trinajstić information content (AvgIpc) is 2.84. The van der Waals surface area contributed by atoms with Gasteiger partial charge in [0.2, 0.25) is 0 Å². The third kappa shape index (κ3) is 6.83. The minimum atomic E-state index is -0.619. The Bertz CT molecular complexity index is 1340. The summed E-state index contributed by atoms with van der Waals surface area (Å²) in [4.78, 5) is 12.8. The Morgan fingerprint density at radius 2 is 1.71 bits per heavy atom. The zero-order valence-electron chi connectivity index (χ0n) is 18.5. The van der Waals surface area contributed by atoms with Crippen molar-refractivity contribution >= 4 is 68.4 Å². The predicted molar refractivity (Wildman–Crippen MR) is 142 cm³/mol. The van der Waals surface area contributed by atoms with Crippen molar-refractivity contribution in [3.63, 3.8) is 0 Å². The van der Waals surface area contributed by atoms with Gasteiger partial charge < -0.3 is 19.5 Å². The second kappa shape index (κ2) is 12.2. The topological polar surface area (TPSA) is 80.6 Å². The molecular weight excluding hydrogens is 579 g/mol. The van der Waals surface area contributed by atoms with Gasteiger partial charge in [-0.15, -0.1) is 0 Å². The number of carbonyl (C=O) groups is 1. The summed E-state index contributed by atoms with van der Waals surface area (Å²) in [6, 6.07) is 15.4. The van der Waals surface area contributed by atoms with Crippen LogP contribution in [-0.2, 0) is 11.4 Å². The second-order valence-electron chi connectivity index (χ2n) is 7.04. The molecule has 0 unspecified atom stereocenters. The van der Waals surface area contributed by atoms with Crippen LogP contribution in [0.1, 0.15) is 11.1 Å². The monoisotopic (exact) mass is 594 g/mol. The zero-order valence-corrected chi connectivity index (χ0v) is 22.3. The molecule has 1 N–H and O–H groups in total. The highest BCUT2D eigenvalue weighted by molar-refractivity contribution is 9.10. The molecule has 0 aliphatic carbocycles. The van der Waals surface area contributed by atoms with Crippen LogP contribution in [0.3, 0.4) is 0 Å². The summed E-state index contributed by atoms with van der Waals surface area (Å²) >= 11 is 21.6. The van der Waals surface area contributed by atoms with Gasteiger partial charge in [0.25, 0.3) is 5.91 Å². The van der Waals surface area contributed by atoms with E-state index in [1.807, 2.05) is 12.1 Å². The highest BCUT2D eigenvalue weighted by Gasteiger charge is 2.16. The summed E-state index contributed by atoms with van der Waals surface area (Å²) in [5.41, 5.74) is 1.67. The maximum absolute atomic E-state index is 12.8. The van der Waals surface area contributed by atoms with Crippen LogP contribution in [0.2, 0.25) is 15.1 Å². The van der Waals surface area contributed by atoms with Crippen molar-refractivity contribution in [3.05, 3.63) is 84.8 Å². The number of hydrogen-bond acceptors (Lipinski definition) is 5. The van der Waals surface area contributed by atoms with Crippen molar-refractivity contribution in [1.82, 2.24) is 0 Å². The van der Waals surface area contributed by atoms with Gasteiger partial charge in [0.15, 0.2) is 0 Å². The van der Waals surface area contributed by atoms with Gasteiger partial charge in [-0.1, -0.05) is 46.9 Å². The minimum Gasteiger partial charge on any atom is -0.495 e. The summed E-state index contributed by atoms with van der Waals surface area (Å²) in [5, 5.41) is 13.5. The number of halogens is 4. The quantitative estimate of drug-likeness (QED) is 0.215. The van der Waals surface area contributed by atoms with Gasteiger partial charge in [-0.3, -0.25) is 4.79 Å². The standard InChI is InChI=1S/C25H18BrCl3N2O4/c1-33-23-11-21(24(34-2)10-20(23)29)31-25(32)16(12-30)7-14-4-6-22(17(26)8-14)35-13-15-3-5-18(27)19(28)9-15/h3-11H,13H2,1-2H3,(H,31,32)/b16-7+. The van der Waals surface area contributed by atoms with Gasteiger partial charge in [0.1, 0.15) is 35.5 Å². The van der Waals surface area contributed by atoms with Crippen LogP contribution in [0.5, 0.6) is 17.2 Å². The zero-order chi connectivity index (χ0) is 25.5. The third-order valence-corrected chi connectivity index (χ3v) is 6.39. The molecule has 0 bridgehead atoms. The van der Waals surface area contributed by atoms with Crippen molar-refractivity contribution in [3.8, 4) is 23.3 Å². The number of methoxy groups -OCH3 is 2. The molecule has 0 saturated carbocycles. The lowest BCUT2D eigenvalue weighted by Crippen LogP contribution is -2.14. The fourth-order valence-corrected chi connectivity index (χ4v) is 4.04. The SMILES string of the molecule is COc1cc(NC(=O)/C(C#N)=C/c2ccc(OCc3ccc(Cl)c(Cl)c3)c(Br)c2)c(OC)cc1Cl. The van der Waals surface area contributed by atoms with Gasteiger partial charge in [0, 0.05) is 12.1 Å². The number of nitrogens with one attached hydrogen (secondary N) is 1. The molecule has 180 valence electrons. The van der Waals surface area contributed by atoms with Crippen LogP contribution in [-0.4, -0.2) is 20.1 Å². The molecule has 3 rings (SSSR count). The van der Waals surface area contributed by atoms with Crippen molar-refractivity contribution < 1.29 is 19.0 Å². The first-order chi connectivity index (χ1) is 16.7. The normalized spacial score (nSPS) is 10.9. The van der Waals surface area contributed by atoms with E-state index in [4.69, 9.17) is 49.0 Å². The van der Waals surface area contributed by atoms with E-state index in [0.717, 1.165) is 5.56 Å². The molecule has 35 heavy (non-hydrogen) atoms. The predicted octanol–water partition coefficient (Wildman–Crippen LogP) is 7.55. The van der Waals surface area contributed by atoms with Crippen molar-refractivity contribution in [2.45, 2.75) is 6.61 Å². The Labute approximate surface area is 226 Å². The highest BCUT2D eigenvalue weighted by Crippen LogP contribution is 2.36. The fraction of sp³-hybridized carbons (Fsp3) is 0.120. The average molecular weight is 597 g/mol. The van der Waals surface area contributed by atoms with E-state index in [-0.39, 0.29) is 12.2 Å². The number of anilines is 1. The van der Waals surface area contributed by atoms with Crippen molar-refractivity contribution in [2.75, 3.05) is 19.5 Å². The molecule has 1 amide bonds. The number of amides is 1. The second-order valence-corrected chi connectivity index (χ2v) is 9.11. The van der Waals surface area contributed by atoms with Crippen LogP contribution in [0.15, 0.2) is 58.6 Å². The number of nitrogens with zero attached hydrogens (tertiary/aromatic N) is 1. The van der Waals surface area contributed by atoms with Gasteiger partial charge in [0.05, 0.1) is 39.4 Å². The van der Waals surface area contributed by atoms with E-state index in [9.17, 15) is 10.1 Å². The smallest absolute Gasteiger partial charge is 0.266 e. The molecule has 3 aromatic carbocycles. The molecule has 0 heterocycles. The molecule has 0 aliphatic rings. The van der Waals surface area contributed by atoms with E-state index < -0.39 is 5.91 Å². The van der Waals surface area contributed by atoms with Crippen molar-refractivity contribution in [2.24, 2.45) is 0 Å². The van der Waals surface area contributed by atoms with E-state index in [2.05, 4.69) is 21.2 Å². The Kier molecular flexibility index (Phi) is 9.30. The molecule has 3 aromatic rings. The van der Waals surface area contributed by atoms with Crippen LogP contribution < -0.4 is 19.5 Å². The van der Waals surface area contributed by atoms with Crippen LogP contribution in [0, 0.1) is 11.3 Å². The number of benzene rings is 3. The first-order valence-corrected chi connectivity index (χ1v) is 11.9. The molecule has 6 nitrogen and oxygen atoms in total. The first-order valence-electron chi connectivity index (χ1n) is 9.96. The fourth-order valence-electron chi connectivity index (χ4n) is 2.98. The summed E-state index contributed by atoms with van der Waals surface area (Å²) in [7, 11) is 2.90. The van der Waals surface area contributed by atoms with E-state index in [0.29, 0.717) is 48.0 Å². The maximum Gasteiger partial charge on any atom is 0.266 e. The highest BCUT2D eigenvalue weighted by atomic mass is 79.9. The summed E-state index contributed by atoms with van der Waals surface area (Å²) in [6.07, 6.45) is 1.46. The Balaban J connectivity index is 1.76. The summed E-state index contributed by atoms with van der Waals surface area (Å²) in [6.45, 7) is 0.281. The molecule has 0 radical (unpaired) electrons. The Morgan fingerprint density at radius 1 is 0.971 bits per heavy atom. The van der Waals surface area contributed by atoms with Crippen LogP contribution in [0.4, 0.5) is 5.69 Å². The number of hydrogen-bond donors (Lipinski definition) is 1. The van der Waals surface area contributed by atoms with Crippen LogP contribution >= 0.6 is 50.7 Å². The maximum atomic E-state index is 12.8. The summed E-state index contributed by atoms with van der Waals surface area (Å²) < 4.78 is 16.9. The lowest BCUT2D eigenvalue weighted by atomic mass is 10.1. The first kappa shape index (κ1) is 26.7. The van der Waals surface area contributed by atoms with Crippen molar-refractivity contribution in [1.29, 1.82) is 5.26 Å². The lowest BCUT2D eigenvalue weighted by Gasteiger charge is -2.13. The molecule has 0 spiro atoms. The third-order valence-electron chi connectivity index (χ3n) is 4.73. The number of ether oxygens (including phenoxy) is 3. The van der Waals surface area contributed by atoms with Gasteiger partial charge >= 0.3 is 0 Å². The Morgan fingerprint density at radius 3 is 2.34 bits per heavy atom. The molecule has 10 heteroatoms. The number of rotatable bonds is 8. The van der Waals surface area contributed by atoms with Gasteiger partial charge in [-0.25, -0.2) is 0 Å². The van der Waals surface area contributed by atoms with E-state index in [1.54, 1.807) is 30.3 Å². The molecule has 0 aliphatic heterocycles. The van der Waals surface area contributed by atoms with E-state index >= 15 is 0 Å².